The molecule has 0 radical (unpaired) electrons. The fraction of sp³-hybridized carbons (Fsp3) is 0.414. The van der Waals surface area contributed by atoms with E-state index in [1.807, 2.05) is 44.2 Å². The molecule has 2 atom stereocenters. The summed E-state index contributed by atoms with van der Waals surface area (Å²) < 4.78 is 16.5. The number of rotatable bonds is 10. The maximum absolute atomic E-state index is 13.0. The van der Waals surface area contributed by atoms with Gasteiger partial charge in [0.2, 0.25) is 0 Å². The Balaban J connectivity index is 1.60. The van der Waals surface area contributed by atoms with Crippen molar-refractivity contribution in [3.05, 3.63) is 71.8 Å². The topological polar surface area (TPSA) is 78.9 Å². The van der Waals surface area contributed by atoms with Gasteiger partial charge in [-0.3, -0.25) is 14.4 Å². The fourth-order valence-electron chi connectivity index (χ4n) is 4.05. The first-order chi connectivity index (χ1) is 16.6. The van der Waals surface area contributed by atoms with Crippen LogP contribution in [0.1, 0.15) is 62.9 Å². The molecule has 3 rings (SSSR count). The number of benzene rings is 2. The molecule has 6 nitrogen and oxygen atoms in total. The van der Waals surface area contributed by atoms with Gasteiger partial charge in [-0.05, 0) is 69.5 Å². The van der Waals surface area contributed by atoms with Gasteiger partial charge in [-0.25, -0.2) is 0 Å². The molecule has 0 saturated carbocycles. The van der Waals surface area contributed by atoms with E-state index in [2.05, 4.69) is 0 Å². The van der Waals surface area contributed by atoms with Crippen molar-refractivity contribution in [2.24, 2.45) is 10.8 Å². The van der Waals surface area contributed by atoms with E-state index in [1.54, 1.807) is 44.2 Å². The monoisotopic (exact) mass is 478 g/mol. The maximum Gasteiger partial charge on any atom is 0.316 e. The van der Waals surface area contributed by atoms with Gasteiger partial charge in [-0.1, -0.05) is 43.3 Å². The van der Waals surface area contributed by atoms with Gasteiger partial charge in [-0.2, -0.15) is 0 Å². The van der Waals surface area contributed by atoms with Gasteiger partial charge in [0.15, 0.2) is 5.78 Å². The van der Waals surface area contributed by atoms with Gasteiger partial charge in [0.05, 0.1) is 24.0 Å². The van der Waals surface area contributed by atoms with Gasteiger partial charge in [0, 0.05) is 12.0 Å². The molecule has 1 aliphatic heterocycles. The molecule has 1 saturated heterocycles. The molecule has 0 spiro atoms. The molecule has 2 aromatic rings. The summed E-state index contributed by atoms with van der Waals surface area (Å²) in [6.45, 7) is 8.27. The number of hydrogen-bond acceptors (Lipinski definition) is 6. The van der Waals surface area contributed by atoms with E-state index in [0.29, 0.717) is 37.4 Å². The number of allylic oxidation sites excluding steroid dienone is 1. The van der Waals surface area contributed by atoms with Gasteiger partial charge in [0.25, 0.3) is 0 Å². The molecule has 1 heterocycles. The zero-order chi connectivity index (χ0) is 25.5. The smallest absolute Gasteiger partial charge is 0.316 e. The average molecular weight is 479 g/mol. The predicted molar refractivity (Wildman–Crippen MR) is 134 cm³/mol. The summed E-state index contributed by atoms with van der Waals surface area (Å²) in [7, 11) is 0. The van der Waals surface area contributed by atoms with E-state index in [1.165, 1.54) is 6.08 Å². The number of hydrogen-bond donors (Lipinski definition) is 0. The lowest BCUT2D eigenvalue weighted by molar-refractivity contribution is -0.164. The van der Waals surface area contributed by atoms with Crippen molar-refractivity contribution in [1.29, 1.82) is 0 Å². The van der Waals surface area contributed by atoms with E-state index in [0.717, 1.165) is 5.56 Å². The largest absolute Gasteiger partial charge is 0.459 e. The van der Waals surface area contributed by atoms with E-state index in [-0.39, 0.29) is 24.3 Å². The van der Waals surface area contributed by atoms with Crippen molar-refractivity contribution >= 4 is 23.8 Å². The van der Waals surface area contributed by atoms with E-state index in [9.17, 15) is 14.4 Å². The van der Waals surface area contributed by atoms with Crippen LogP contribution in [0, 0.1) is 10.8 Å². The van der Waals surface area contributed by atoms with Crippen LogP contribution < -0.4 is 4.74 Å². The number of carbonyl (C=O) groups is 3. The number of carbonyl (C=O) groups excluding carboxylic acids is 3. The third-order valence-corrected chi connectivity index (χ3v) is 6.40. The lowest BCUT2D eigenvalue weighted by Gasteiger charge is -2.34. The lowest BCUT2D eigenvalue weighted by atomic mass is 9.72. The Kier molecular flexibility index (Phi) is 8.62. The van der Waals surface area contributed by atoms with Crippen LogP contribution >= 0.6 is 0 Å². The Morgan fingerprint density at radius 1 is 1.00 bits per heavy atom. The first-order valence-corrected chi connectivity index (χ1v) is 12.0. The van der Waals surface area contributed by atoms with Crippen molar-refractivity contribution in [3.8, 4) is 5.75 Å². The third kappa shape index (κ3) is 7.12. The fourth-order valence-corrected chi connectivity index (χ4v) is 4.05. The number of esters is 2. The number of ketones is 1. The van der Waals surface area contributed by atoms with Gasteiger partial charge in [0.1, 0.15) is 11.9 Å². The normalized spacial score (nSPS) is 17.7. The highest BCUT2D eigenvalue weighted by Gasteiger charge is 2.44. The second-order valence-electron chi connectivity index (χ2n) is 9.89. The molecule has 1 aliphatic rings. The zero-order valence-corrected chi connectivity index (χ0v) is 20.9. The van der Waals surface area contributed by atoms with Crippen molar-refractivity contribution in [2.75, 3.05) is 13.2 Å². The Morgan fingerprint density at radius 3 is 2.29 bits per heavy atom. The summed E-state index contributed by atoms with van der Waals surface area (Å²) in [5, 5.41) is 0. The van der Waals surface area contributed by atoms with E-state index in [4.69, 9.17) is 14.2 Å². The zero-order valence-electron chi connectivity index (χ0n) is 20.9. The summed E-state index contributed by atoms with van der Waals surface area (Å²) >= 11 is 0. The highest BCUT2D eigenvalue weighted by Crippen LogP contribution is 2.39. The highest BCUT2D eigenvalue weighted by molar-refractivity contribution is 6.06. The van der Waals surface area contributed by atoms with Gasteiger partial charge < -0.3 is 14.2 Å². The summed E-state index contributed by atoms with van der Waals surface area (Å²) in [6, 6.07) is 16.0. The minimum atomic E-state index is -0.928. The minimum absolute atomic E-state index is 0.142. The summed E-state index contributed by atoms with van der Waals surface area (Å²) in [5.41, 5.74) is -0.323. The summed E-state index contributed by atoms with van der Waals surface area (Å²) in [6.07, 6.45) is 4.55. The van der Waals surface area contributed by atoms with Crippen LogP contribution in [0.4, 0.5) is 0 Å². The standard InChI is InChI=1S/C29H34O6/c1-5-29(4,27(32)35-24-17-18-33-19-24)20-28(2,3)26(31)34-23-14-12-22(13-15-23)25(30)16-11-21-9-7-6-8-10-21/h6-16,24H,5,17-20H2,1-4H3. The highest BCUT2D eigenvalue weighted by atomic mass is 16.6. The van der Waals surface area contributed by atoms with E-state index < -0.39 is 16.8 Å². The second kappa shape index (κ2) is 11.5. The van der Waals surface area contributed by atoms with Gasteiger partial charge in [-0.15, -0.1) is 0 Å². The molecule has 0 aromatic heterocycles. The minimum Gasteiger partial charge on any atom is -0.459 e. The molecule has 35 heavy (non-hydrogen) atoms. The average Bonchev–Trinajstić information content (AvgIpc) is 3.36. The van der Waals surface area contributed by atoms with Gasteiger partial charge >= 0.3 is 11.9 Å². The molecule has 0 bridgehead atoms. The Bertz CT molecular complexity index is 1050. The summed E-state index contributed by atoms with van der Waals surface area (Å²) in [4.78, 5) is 38.3. The summed E-state index contributed by atoms with van der Waals surface area (Å²) in [5.74, 6) is -0.562. The second-order valence-corrected chi connectivity index (χ2v) is 9.89. The van der Waals surface area contributed by atoms with Crippen LogP contribution in [0.5, 0.6) is 5.75 Å². The van der Waals surface area contributed by atoms with E-state index >= 15 is 0 Å². The van der Waals surface area contributed by atoms with Crippen LogP contribution in [0.15, 0.2) is 60.7 Å². The molecular formula is C29H34O6. The van der Waals surface area contributed by atoms with Crippen molar-refractivity contribution < 1.29 is 28.6 Å². The molecule has 1 fully saturated rings. The van der Waals surface area contributed by atoms with Crippen LogP contribution in [0.2, 0.25) is 0 Å². The first-order valence-electron chi connectivity index (χ1n) is 12.0. The molecule has 2 unspecified atom stereocenters. The predicted octanol–water partition coefficient (Wildman–Crippen LogP) is 5.65. The molecular weight excluding hydrogens is 444 g/mol. The molecule has 6 heteroatoms. The van der Waals surface area contributed by atoms with Crippen molar-refractivity contribution in [3.63, 3.8) is 0 Å². The SMILES string of the molecule is CCC(C)(CC(C)(C)C(=O)Oc1ccc(C(=O)C=Cc2ccccc2)cc1)C(=O)OC1CCOC1. The van der Waals surface area contributed by atoms with Crippen LogP contribution in [-0.4, -0.2) is 37.0 Å². The van der Waals surface area contributed by atoms with Crippen LogP contribution in [0.25, 0.3) is 6.08 Å². The maximum atomic E-state index is 13.0. The number of ether oxygens (including phenoxy) is 3. The molecule has 0 N–H and O–H groups in total. The molecule has 0 amide bonds. The third-order valence-electron chi connectivity index (χ3n) is 6.40. The molecule has 0 aliphatic carbocycles. The Hall–Kier alpha value is -3.25. The van der Waals surface area contributed by atoms with Crippen molar-refractivity contribution in [1.82, 2.24) is 0 Å². The van der Waals surface area contributed by atoms with Crippen LogP contribution in [-0.2, 0) is 19.1 Å². The lowest BCUT2D eigenvalue weighted by Crippen LogP contribution is -2.40. The Morgan fingerprint density at radius 2 is 1.69 bits per heavy atom. The first kappa shape index (κ1) is 26.4. The Labute approximate surface area is 207 Å². The quantitative estimate of drug-likeness (QED) is 0.190. The van der Waals surface area contributed by atoms with Crippen molar-refractivity contribution in [2.45, 2.75) is 53.1 Å². The molecule has 186 valence electrons. The van der Waals surface area contributed by atoms with Crippen LogP contribution in [0.3, 0.4) is 0 Å². The molecule has 2 aromatic carbocycles.